The maximum Gasteiger partial charge on any atom is 0.173 e. The Hall–Kier alpha value is -3.38. The summed E-state index contributed by atoms with van der Waals surface area (Å²) >= 11 is 0. The van der Waals surface area contributed by atoms with Crippen LogP contribution in [0.4, 0.5) is 0 Å². The smallest absolute Gasteiger partial charge is 0.173 e. The minimum absolute atomic E-state index is 0.0226. The fraction of sp³-hybridized carbons (Fsp3) is 0.308. The van der Waals surface area contributed by atoms with Crippen LogP contribution < -0.4 is 0 Å². The third-order valence-electron chi connectivity index (χ3n) is 6.38. The van der Waals surface area contributed by atoms with Gasteiger partial charge in [-0.3, -0.25) is 9.88 Å². The van der Waals surface area contributed by atoms with E-state index in [4.69, 9.17) is 0 Å². The van der Waals surface area contributed by atoms with Gasteiger partial charge < -0.3 is 0 Å². The zero-order valence-electron chi connectivity index (χ0n) is 18.2. The van der Waals surface area contributed by atoms with E-state index in [2.05, 4.69) is 92.1 Å². The summed E-state index contributed by atoms with van der Waals surface area (Å²) in [6.45, 7) is 2.72. The molecule has 162 valence electrons. The third-order valence-corrected chi connectivity index (χ3v) is 6.38. The van der Waals surface area contributed by atoms with Crippen LogP contribution in [0.5, 0.6) is 0 Å². The van der Waals surface area contributed by atoms with Crippen molar-refractivity contribution in [2.45, 2.75) is 31.8 Å². The molecule has 3 heterocycles. The van der Waals surface area contributed by atoms with Crippen molar-refractivity contribution in [1.29, 1.82) is 0 Å². The Balaban J connectivity index is 1.36. The Kier molecular flexibility index (Phi) is 6.30. The molecule has 4 aromatic rings. The molecule has 0 aliphatic carbocycles. The lowest BCUT2D eigenvalue weighted by Gasteiger charge is -2.37. The number of hydrogen-bond acceptors (Lipinski definition) is 5. The van der Waals surface area contributed by atoms with E-state index in [1.54, 1.807) is 0 Å². The van der Waals surface area contributed by atoms with Gasteiger partial charge in [0, 0.05) is 12.4 Å². The molecule has 1 fully saturated rings. The van der Waals surface area contributed by atoms with Gasteiger partial charge in [-0.05, 0) is 77.5 Å². The summed E-state index contributed by atoms with van der Waals surface area (Å²) < 4.78 is 1.94. The number of hydrogen-bond donors (Lipinski definition) is 0. The Bertz CT molecular complexity index is 1090. The summed E-state index contributed by atoms with van der Waals surface area (Å²) in [4.78, 5) is 6.76. The molecule has 32 heavy (non-hydrogen) atoms. The normalized spacial score (nSPS) is 16.1. The number of pyridine rings is 1. The summed E-state index contributed by atoms with van der Waals surface area (Å²) in [6.07, 6.45) is 7.22. The second-order valence-corrected chi connectivity index (χ2v) is 8.53. The van der Waals surface area contributed by atoms with E-state index in [-0.39, 0.29) is 6.04 Å². The number of rotatable bonds is 7. The number of aromatic nitrogens is 5. The fourth-order valence-corrected chi connectivity index (χ4v) is 4.71. The molecule has 0 saturated carbocycles. The third kappa shape index (κ3) is 4.75. The highest BCUT2D eigenvalue weighted by Gasteiger charge is 2.31. The topological polar surface area (TPSA) is 59.7 Å². The summed E-state index contributed by atoms with van der Waals surface area (Å²) in [6, 6.07) is 25.4. The average molecular weight is 425 g/mol. The van der Waals surface area contributed by atoms with Crippen LogP contribution in [-0.4, -0.2) is 43.2 Å². The molecule has 0 bridgehead atoms. The van der Waals surface area contributed by atoms with Crippen LogP contribution in [0.2, 0.25) is 0 Å². The first-order valence-corrected chi connectivity index (χ1v) is 11.3. The monoisotopic (exact) mass is 424 g/mol. The first kappa shape index (κ1) is 20.5. The zero-order valence-corrected chi connectivity index (χ0v) is 18.2. The highest BCUT2D eigenvalue weighted by molar-refractivity contribution is 5.24. The number of tetrazole rings is 1. The lowest BCUT2D eigenvalue weighted by molar-refractivity contribution is 0.144. The molecule has 2 aromatic heterocycles. The Morgan fingerprint density at radius 3 is 2.16 bits per heavy atom. The SMILES string of the molecule is c1ccc(CC2CCN(C(c3ccncc3)c3nnnn3Cc3ccccc3)CC2)cc1. The van der Waals surface area contributed by atoms with E-state index in [0.29, 0.717) is 12.5 Å². The van der Waals surface area contributed by atoms with E-state index < -0.39 is 0 Å². The second-order valence-electron chi connectivity index (χ2n) is 8.53. The van der Waals surface area contributed by atoms with Crippen molar-refractivity contribution in [2.24, 2.45) is 5.92 Å². The van der Waals surface area contributed by atoms with Gasteiger partial charge in [0.05, 0.1) is 12.6 Å². The molecule has 6 heteroatoms. The molecule has 0 spiro atoms. The highest BCUT2D eigenvalue weighted by atomic mass is 15.5. The van der Waals surface area contributed by atoms with Gasteiger partial charge in [-0.15, -0.1) is 5.10 Å². The van der Waals surface area contributed by atoms with Crippen LogP contribution in [0.1, 0.15) is 41.4 Å². The highest BCUT2D eigenvalue weighted by Crippen LogP contribution is 2.32. The molecule has 1 unspecified atom stereocenters. The number of benzene rings is 2. The number of nitrogens with zero attached hydrogens (tertiary/aromatic N) is 6. The second kappa shape index (κ2) is 9.83. The van der Waals surface area contributed by atoms with Gasteiger partial charge in [-0.1, -0.05) is 60.7 Å². The van der Waals surface area contributed by atoms with E-state index in [1.165, 1.54) is 29.5 Å². The van der Waals surface area contributed by atoms with Gasteiger partial charge in [-0.25, -0.2) is 4.68 Å². The van der Waals surface area contributed by atoms with E-state index in [1.807, 2.05) is 23.1 Å². The Morgan fingerprint density at radius 1 is 0.812 bits per heavy atom. The number of likely N-dealkylation sites (tertiary alicyclic amines) is 1. The largest absolute Gasteiger partial charge is 0.290 e. The molecule has 6 nitrogen and oxygen atoms in total. The maximum absolute atomic E-state index is 4.49. The van der Waals surface area contributed by atoms with Crippen molar-refractivity contribution in [3.63, 3.8) is 0 Å². The lowest BCUT2D eigenvalue weighted by Crippen LogP contribution is -2.39. The van der Waals surface area contributed by atoms with Gasteiger partial charge in [0.25, 0.3) is 0 Å². The summed E-state index contributed by atoms with van der Waals surface area (Å²) in [5, 5.41) is 12.9. The molecule has 1 aliphatic heterocycles. The predicted molar refractivity (Wildman–Crippen MR) is 124 cm³/mol. The molecule has 0 radical (unpaired) electrons. The van der Waals surface area contributed by atoms with Crippen LogP contribution >= 0.6 is 0 Å². The fourth-order valence-electron chi connectivity index (χ4n) is 4.71. The minimum atomic E-state index is 0.0226. The number of piperidine rings is 1. The minimum Gasteiger partial charge on any atom is -0.290 e. The van der Waals surface area contributed by atoms with Crippen LogP contribution in [0, 0.1) is 5.92 Å². The summed E-state index contributed by atoms with van der Waals surface area (Å²) in [5.74, 6) is 1.61. The Labute approximate surface area is 188 Å². The first-order chi connectivity index (χ1) is 15.9. The molecule has 5 rings (SSSR count). The maximum atomic E-state index is 4.49. The molecule has 0 N–H and O–H groups in total. The van der Waals surface area contributed by atoms with Gasteiger partial charge >= 0.3 is 0 Å². The van der Waals surface area contributed by atoms with Crippen LogP contribution in [0.25, 0.3) is 0 Å². The van der Waals surface area contributed by atoms with Crippen molar-refractivity contribution in [2.75, 3.05) is 13.1 Å². The van der Waals surface area contributed by atoms with Gasteiger partial charge in [0.2, 0.25) is 0 Å². The van der Waals surface area contributed by atoms with Crippen molar-refractivity contribution in [3.8, 4) is 0 Å². The molecule has 1 atom stereocenters. The first-order valence-electron chi connectivity index (χ1n) is 11.3. The molecule has 0 amide bonds. The molecule has 1 aliphatic rings. The molecule has 2 aromatic carbocycles. The van der Waals surface area contributed by atoms with Gasteiger partial charge in [0.1, 0.15) is 0 Å². The van der Waals surface area contributed by atoms with Crippen LogP contribution in [0.15, 0.2) is 85.2 Å². The molecule has 1 saturated heterocycles. The summed E-state index contributed by atoms with van der Waals surface area (Å²) in [5.41, 5.74) is 3.81. The molecular formula is C26H28N6. The van der Waals surface area contributed by atoms with Crippen LogP contribution in [-0.2, 0) is 13.0 Å². The van der Waals surface area contributed by atoms with E-state index in [9.17, 15) is 0 Å². The van der Waals surface area contributed by atoms with Crippen molar-refractivity contribution >= 4 is 0 Å². The van der Waals surface area contributed by atoms with Crippen LogP contribution in [0.3, 0.4) is 0 Å². The standard InChI is InChI=1S/C26H28N6/c1-3-7-21(8-4-1)19-22-13-17-31(18-14-22)25(24-11-15-27-16-12-24)26-28-29-30-32(26)20-23-9-5-2-6-10-23/h1-12,15-16,22,25H,13-14,17-20H2. The van der Waals surface area contributed by atoms with Gasteiger partial charge in [0.15, 0.2) is 5.82 Å². The van der Waals surface area contributed by atoms with Crippen molar-refractivity contribution < 1.29 is 0 Å². The van der Waals surface area contributed by atoms with Crippen molar-refractivity contribution in [3.05, 3.63) is 108 Å². The summed E-state index contributed by atoms with van der Waals surface area (Å²) in [7, 11) is 0. The molecular weight excluding hydrogens is 396 g/mol. The van der Waals surface area contributed by atoms with Gasteiger partial charge in [-0.2, -0.15) is 0 Å². The predicted octanol–water partition coefficient (Wildman–Crippen LogP) is 4.16. The Morgan fingerprint density at radius 2 is 1.47 bits per heavy atom. The zero-order chi connectivity index (χ0) is 21.6. The van der Waals surface area contributed by atoms with E-state index >= 15 is 0 Å². The average Bonchev–Trinajstić information content (AvgIpc) is 3.30. The van der Waals surface area contributed by atoms with Crippen molar-refractivity contribution in [1.82, 2.24) is 30.1 Å². The van der Waals surface area contributed by atoms with E-state index in [0.717, 1.165) is 25.3 Å². The quantitative estimate of drug-likeness (QED) is 0.446. The lowest BCUT2D eigenvalue weighted by atomic mass is 9.89.